The molecule has 0 spiro atoms. The summed E-state index contributed by atoms with van der Waals surface area (Å²) in [6, 6.07) is 6.45. The van der Waals surface area contributed by atoms with Gasteiger partial charge in [0.05, 0.1) is 4.47 Å². The highest BCUT2D eigenvalue weighted by Gasteiger charge is 2.19. The van der Waals surface area contributed by atoms with E-state index in [0.29, 0.717) is 6.04 Å². The van der Waals surface area contributed by atoms with Gasteiger partial charge in [-0.1, -0.05) is 15.9 Å². The van der Waals surface area contributed by atoms with Gasteiger partial charge < -0.3 is 9.64 Å². The van der Waals surface area contributed by atoms with Crippen LogP contribution in [0.15, 0.2) is 27.1 Å². The van der Waals surface area contributed by atoms with Crippen LogP contribution in [0.4, 0.5) is 0 Å². The number of hydrogen-bond acceptors (Lipinski definition) is 3. The van der Waals surface area contributed by atoms with Gasteiger partial charge in [0, 0.05) is 36.7 Å². The van der Waals surface area contributed by atoms with E-state index in [9.17, 15) is 0 Å². The van der Waals surface area contributed by atoms with Gasteiger partial charge in [0.25, 0.3) is 0 Å². The van der Waals surface area contributed by atoms with Crippen LogP contribution in [0.1, 0.15) is 6.92 Å². The van der Waals surface area contributed by atoms with E-state index in [1.807, 2.05) is 18.2 Å². The summed E-state index contributed by atoms with van der Waals surface area (Å²) in [7, 11) is 2.18. The zero-order chi connectivity index (χ0) is 13.8. The van der Waals surface area contributed by atoms with E-state index in [1.165, 1.54) is 0 Å². The van der Waals surface area contributed by atoms with Gasteiger partial charge in [0.1, 0.15) is 12.4 Å². The van der Waals surface area contributed by atoms with Crippen molar-refractivity contribution in [2.75, 3.05) is 39.8 Å². The van der Waals surface area contributed by atoms with Crippen molar-refractivity contribution in [1.29, 1.82) is 0 Å². The lowest BCUT2D eigenvalue weighted by Gasteiger charge is -2.36. The molecule has 0 radical (unpaired) electrons. The van der Waals surface area contributed by atoms with Crippen molar-refractivity contribution in [3.8, 4) is 5.75 Å². The molecule has 1 heterocycles. The van der Waals surface area contributed by atoms with Gasteiger partial charge >= 0.3 is 0 Å². The highest BCUT2D eigenvalue weighted by molar-refractivity contribution is 9.11. The first-order valence-electron chi connectivity index (χ1n) is 6.56. The standard InChI is InChI=1S/C14H20Br2N2O/c1-11(18-7-5-17(2)6-8-18)10-19-14-4-3-12(15)9-13(14)16/h3-4,9,11H,5-8,10H2,1-2H3. The Morgan fingerprint density at radius 3 is 2.53 bits per heavy atom. The fourth-order valence-electron chi connectivity index (χ4n) is 2.17. The quantitative estimate of drug-likeness (QED) is 0.783. The molecule has 2 rings (SSSR count). The van der Waals surface area contributed by atoms with Crippen LogP contribution < -0.4 is 4.74 Å². The van der Waals surface area contributed by atoms with E-state index in [0.717, 1.165) is 47.5 Å². The van der Waals surface area contributed by atoms with Crippen LogP contribution >= 0.6 is 31.9 Å². The molecule has 1 atom stereocenters. The molecule has 0 aliphatic carbocycles. The molecule has 3 nitrogen and oxygen atoms in total. The summed E-state index contributed by atoms with van der Waals surface area (Å²) < 4.78 is 7.96. The number of likely N-dealkylation sites (N-methyl/N-ethyl adjacent to an activating group) is 1. The Morgan fingerprint density at radius 1 is 1.21 bits per heavy atom. The second-order valence-corrected chi connectivity index (χ2v) is 6.84. The number of ether oxygens (including phenoxy) is 1. The minimum absolute atomic E-state index is 0.448. The van der Waals surface area contributed by atoms with Gasteiger partial charge in [-0.15, -0.1) is 0 Å². The molecule has 1 aliphatic heterocycles. The van der Waals surface area contributed by atoms with Crippen molar-refractivity contribution in [1.82, 2.24) is 9.80 Å². The van der Waals surface area contributed by atoms with Gasteiger partial charge in [0.2, 0.25) is 0 Å². The van der Waals surface area contributed by atoms with E-state index in [1.54, 1.807) is 0 Å². The lowest BCUT2D eigenvalue weighted by molar-refractivity contribution is 0.0902. The second-order valence-electron chi connectivity index (χ2n) is 5.07. The summed E-state index contributed by atoms with van der Waals surface area (Å²) in [6.07, 6.45) is 0. The first-order chi connectivity index (χ1) is 9.06. The Kier molecular flexibility index (Phi) is 5.69. The van der Waals surface area contributed by atoms with Crippen molar-refractivity contribution in [2.24, 2.45) is 0 Å². The molecule has 1 saturated heterocycles. The summed E-state index contributed by atoms with van der Waals surface area (Å²) in [4.78, 5) is 4.86. The van der Waals surface area contributed by atoms with Gasteiger partial charge in [-0.3, -0.25) is 4.90 Å². The number of rotatable bonds is 4. The Bertz CT molecular complexity index is 420. The third-order valence-electron chi connectivity index (χ3n) is 3.54. The number of piperazine rings is 1. The lowest BCUT2D eigenvalue weighted by atomic mass is 10.2. The largest absolute Gasteiger partial charge is 0.491 e. The zero-order valence-electron chi connectivity index (χ0n) is 11.4. The van der Waals surface area contributed by atoms with Gasteiger partial charge in [0.15, 0.2) is 0 Å². The van der Waals surface area contributed by atoms with E-state index in [-0.39, 0.29) is 0 Å². The smallest absolute Gasteiger partial charge is 0.133 e. The molecule has 0 aromatic heterocycles. The third kappa shape index (κ3) is 4.45. The lowest BCUT2D eigenvalue weighted by Crippen LogP contribution is -2.49. The molecule has 1 aliphatic rings. The Balaban J connectivity index is 1.84. The van der Waals surface area contributed by atoms with Crippen LogP contribution in [0.5, 0.6) is 5.75 Å². The number of benzene rings is 1. The third-order valence-corrected chi connectivity index (χ3v) is 4.65. The predicted octanol–water partition coefficient (Wildman–Crippen LogP) is 3.23. The van der Waals surface area contributed by atoms with Gasteiger partial charge in [-0.25, -0.2) is 0 Å². The SMILES string of the molecule is CC(COc1ccc(Br)cc1Br)N1CCN(C)CC1. The molecule has 1 unspecified atom stereocenters. The maximum atomic E-state index is 5.91. The van der Waals surface area contributed by atoms with E-state index in [2.05, 4.69) is 55.6 Å². The van der Waals surface area contributed by atoms with Crippen molar-refractivity contribution in [3.05, 3.63) is 27.1 Å². The molecule has 5 heteroatoms. The average molecular weight is 392 g/mol. The van der Waals surface area contributed by atoms with Gasteiger partial charge in [-0.2, -0.15) is 0 Å². The average Bonchev–Trinajstić information content (AvgIpc) is 2.38. The monoisotopic (exact) mass is 390 g/mol. The minimum Gasteiger partial charge on any atom is -0.491 e. The van der Waals surface area contributed by atoms with Crippen LogP contribution in [-0.2, 0) is 0 Å². The topological polar surface area (TPSA) is 15.7 Å². The van der Waals surface area contributed by atoms with Crippen molar-refractivity contribution >= 4 is 31.9 Å². The van der Waals surface area contributed by atoms with Crippen LogP contribution in [-0.4, -0.2) is 55.7 Å². The molecular weight excluding hydrogens is 372 g/mol. The molecule has 106 valence electrons. The fourth-order valence-corrected chi connectivity index (χ4v) is 3.33. The van der Waals surface area contributed by atoms with Crippen molar-refractivity contribution < 1.29 is 4.74 Å². The van der Waals surface area contributed by atoms with Crippen LogP contribution in [0.2, 0.25) is 0 Å². The summed E-state index contributed by atoms with van der Waals surface area (Å²) >= 11 is 6.97. The molecule has 0 N–H and O–H groups in total. The second kappa shape index (κ2) is 7.07. The van der Waals surface area contributed by atoms with Crippen LogP contribution in [0.3, 0.4) is 0 Å². The molecule has 1 aromatic carbocycles. The molecular formula is C14H20Br2N2O. The summed E-state index contributed by atoms with van der Waals surface area (Å²) in [6.45, 7) is 7.51. The van der Waals surface area contributed by atoms with Crippen LogP contribution in [0, 0.1) is 0 Å². The number of hydrogen-bond donors (Lipinski definition) is 0. The van der Waals surface area contributed by atoms with Crippen LogP contribution in [0.25, 0.3) is 0 Å². The van der Waals surface area contributed by atoms with E-state index >= 15 is 0 Å². The van der Waals surface area contributed by atoms with E-state index in [4.69, 9.17) is 4.74 Å². The molecule has 0 saturated carbocycles. The highest BCUT2D eigenvalue weighted by atomic mass is 79.9. The number of nitrogens with zero attached hydrogens (tertiary/aromatic N) is 2. The van der Waals surface area contributed by atoms with Crippen molar-refractivity contribution in [3.63, 3.8) is 0 Å². The number of halogens is 2. The van der Waals surface area contributed by atoms with Crippen molar-refractivity contribution in [2.45, 2.75) is 13.0 Å². The normalized spacial score (nSPS) is 19.4. The Labute approximate surface area is 132 Å². The molecule has 1 aromatic rings. The molecule has 1 fully saturated rings. The van der Waals surface area contributed by atoms with E-state index < -0.39 is 0 Å². The maximum Gasteiger partial charge on any atom is 0.133 e. The molecule has 0 bridgehead atoms. The fraction of sp³-hybridized carbons (Fsp3) is 0.571. The maximum absolute atomic E-state index is 5.91. The minimum atomic E-state index is 0.448. The van der Waals surface area contributed by atoms with Gasteiger partial charge in [-0.05, 0) is 48.1 Å². The first-order valence-corrected chi connectivity index (χ1v) is 8.15. The molecule has 0 amide bonds. The summed E-state index contributed by atoms with van der Waals surface area (Å²) in [5.41, 5.74) is 0. The summed E-state index contributed by atoms with van der Waals surface area (Å²) in [5.74, 6) is 0.907. The molecule has 19 heavy (non-hydrogen) atoms. The predicted molar refractivity (Wildman–Crippen MR) is 85.9 cm³/mol. The first kappa shape index (κ1) is 15.3. The summed E-state index contributed by atoms with van der Waals surface area (Å²) in [5, 5.41) is 0. The Hall–Kier alpha value is -0.100. The highest BCUT2D eigenvalue weighted by Crippen LogP contribution is 2.28. The zero-order valence-corrected chi connectivity index (χ0v) is 14.6. The Morgan fingerprint density at radius 2 is 1.89 bits per heavy atom.